The van der Waals surface area contributed by atoms with Gasteiger partial charge in [-0.2, -0.15) is 9.57 Å². The molecule has 0 unspecified atom stereocenters. The Morgan fingerprint density at radius 3 is 2.35 bits per heavy atom. The third-order valence-electron chi connectivity index (χ3n) is 4.33. The molecule has 26 heavy (non-hydrogen) atoms. The van der Waals surface area contributed by atoms with E-state index in [4.69, 9.17) is 5.26 Å². The minimum atomic E-state index is -3.53. The summed E-state index contributed by atoms with van der Waals surface area (Å²) in [7, 11) is -3.53. The average Bonchev–Trinajstić information content (AvgIpc) is 2.91. The molecule has 1 fully saturated rings. The first-order chi connectivity index (χ1) is 12.5. The fourth-order valence-electron chi connectivity index (χ4n) is 2.88. The molecule has 1 aliphatic rings. The molecule has 0 atom stereocenters. The molecule has 2 aromatic rings. The monoisotopic (exact) mass is 389 g/mol. The summed E-state index contributed by atoms with van der Waals surface area (Å²) in [5.74, 6) is -0.373. The Kier molecular flexibility index (Phi) is 5.71. The summed E-state index contributed by atoms with van der Waals surface area (Å²) in [6.07, 6.45) is 3.86. The molecule has 1 aromatic heterocycles. The van der Waals surface area contributed by atoms with Gasteiger partial charge in [-0.3, -0.25) is 4.79 Å². The van der Waals surface area contributed by atoms with Gasteiger partial charge in [-0.15, -0.1) is 11.3 Å². The summed E-state index contributed by atoms with van der Waals surface area (Å²) < 4.78 is 27.0. The number of hydrogen-bond donors (Lipinski definition) is 1. The Labute approximate surface area is 157 Å². The topological polar surface area (TPSA) is 90.3 Å². The third kappa shape index (κ3) is 3.96. The van der Waals surface area contributed by atoms with Crippen LogP contribution in [0, 0.1) is 11.3 Å². The smallest absolute Gasteiger partial charge is 0.256 e. The highest BCUT2D eigenvalue weighted by Crippen LogP contribution is 2.24. The number of amides is 1. The molecule has 8 heteroatoms. The highest BCUT2D eigenvalue weighted by Gasteiger charge is 2.25. The normalized spacial score (nSPS) is 15.8. The van der Waals surface area contributed by atoms with E-state index in [1.54, 1.807) is 11.4 Å². The molecule has 1 amide bonds. The molecule has 1 N–H and O–H groups in total. The molecule has 6 nitrogen and oxygen atoms in total. The number of nitriles is 1. The van der Waals surface area contributed by atoms with Crippen molar-refractivity contribution >= 4 is 32.3 Å². The minimum Gasteiger partial charge on any atom is -0.312 e. The van der Waals surface area contributed by atoms with Gasteiger partial charge in [0.25, 0.3) is 5.91 Å². The molecular weight excluding hydrogens is 370 g/mol. The maximum atomic E-state index is 12.8. The average molecular weight is 390 g/mol. The second-order valence-corrected chi connectivity index (χ2v) is 8.93. The Morgan fingerprint density at radius 1 is 1.08 bits per heavy atom. The summed E-state index contributed by atoms with van der Waals surface area (Å²) in [6.45, 7) is 1.08. The molecule has 0 spiro atoms. The fourth-order valence-corrected chi connectivity index (χ4v) is 5.13. The Hall–Kier alpha value is -2.21. The second-order valence-electron chi connectivity index (χ2n) is 6.07. The van der Waals surface area contributed by atoms with Gasteiger partial charge >= 0.3 is 0 Å². The number of anilines is 1. The van der Waals surface area contributed by atoms with Gasteiger partial charge in [-0.05, 0) is 48.6 Å². The van der Waals surface area contributed by atoms with Crippen molar-refractivity contribution in [1.29, 1.82) is 5.26 Å². The number of carbonyl (C=O) groups excluding carboxylic acids is 1. The highest BCUT2D eigenvalue weighted by atomic mass is 32.2. The van der Waals surface area contributed by atoms with Crippen LogP contribution in [0.3, 0.4) is 0 Å². The molecule has 0 saturated carbocycles. The van der Waals surface area contributed by atoms with E-state index in [-0.39, 0.29) is 10.8 Å². The summed E-state index contributed by atoms with van der Waals surface area (Å²) >= 11 is 1.27. The number of carbonyl (C=O) groups is 1. The van der Waals surface area contributed by atoms with Crippen LogP contribution in [0.2, 0.25) is 0 Å². The summed E-state index contributed by atoms with van der Waals surface area (Å²) in [4.78, 5) is 12.5. The number of hydrogen-bond acceptors (Lipinski definition) is 5. The van der Waals surface area contributed by atoms with Crippen LogP contribution in [0.4, 0.5) is 5.00 Å². The highest BCUT2D eigenvalue weighted by molar-refractivity contribution is 7.89. The van der Waals surface area contributed by atoms with Crippen molar-refractivity contribution in [2.75, 3.05) is 18.4 Å². The van der Waals surface area contributed by atoms with E-state index < -0.39 is 10.0 Å². The molecule has 2 heterocycles. The quantitative estimate of drug-likeness (QED) is 0.867. The fraction of sp³-hybridized carbons (Fsp3) is 0.333. The Balaban J connectivity index is 1.75. The van der Waals surface area contributed by atoms with E-state index in [9.17, 15) is 13.2 Å². The van der Waals surface area contributed by atoms with Crippen molar-refractivity contribution in [2.24, 2.45) is 0 Å². The zero-order chi connectivity index (χ0) is 18.6. The zero-order valence-electron chi connectivity index (χ0n) is 14.1. The van der Waals surface area contributed by atoms with Crippen molar-refractivity contribution in [3.8, 4) is 6.07 Å². The van der Waals surface area contributed by atoms with Crippen LogP contribution in [-0.4, -0.2) is 31.7 Å². The van der Waals surface area contributed by atoms with E-state index in [1.165, 1.54) is 39.9 Å². The minimum absolute atomic E-state index is 0.199. The molecule has 0 aliphatic carbocycles. The van der Waals surface area contributed by atoms with Crippen LogP contribution in [-0.2, 0) is 10.0 Å². The maximum Gasteiger partial charge on any atom is 0.256 e. The first kappa shape index (κ1) is 18.6. The lowest BCUT2D eigenvalue weighted by Crippen LogP contribution is -2.31. The van der Waals surface area contributed by atoms with Gasteiger partial charge in [0.15, 0.2) is 0 Å². The van der Waals surface area contributed by atoms with Crippen LogP contribution >= 0.6 is 11.3 Å². The lowest BCUT2D eigenvalue weighted by molar-refractivity contribution is 0.102. The predicted molar refractivity (Wildman–Crippen MR) is 101 cm³/mol. The second kappa shape index (κ2) is 7.99. The van der Waals surface area contributed by atoms with E-state index in [1.807, 2.05) is 6.07 Å². The predicted octanol–water partition coefficient (Wildman–Crippen LogP) is 3.44. The van der Waals surface area contributed by atoms with Crippen molar-refractivity contribution in [2.45, 2.75) is 30.6 Å². The molecule has 0 radical (unpaired) electrons. The molecule has 3 rings (SSSR count). The van der Waals surface area contributed by atoms with E-state index in [0.29, 0.717) is 29.2 Å². The number of sulfonamides is 1. The number of nitrogens with zero attached hydrogens (tertiary/aromatic N) is 2. The van der Waals surface area contributed by atoms with Gasteiger partial charge in [-0.25, -0.2) is 8.42 Å². The van der Waals surface area contributed by atoms with Crippen molar-refractivity contribution in [1.82, 2.24) is 4.31 Å². The molecule has 1 aliphatic heterocycles. The lowest BCUT2D eigenvalue weighted by Gasteiger charge is -2.20. The Bertz CT molecular complexity index is 919. The van der Waals surface area contributed by atoms with Crippen molar-refractivity contribution < 1.29 is 13.2 Å². The van der Waals surface area contributed by atoms with Gasteiger partial charge in [0.1, 0.15) is 11.1 Å². The van der Waals surface area contributed by atoms with Crippen LogP contribution in [0.1, 0.15) is 41.6 Å². The zero-order valence-corrected chi connectivity index (χ0v) is 15.8. The van der Waals surface area contributed by atoms with Crippen LogP contribution in [0.25, 0.3) is 0 Å². The van der Waals surface area contributed by atoms with Gasteiger partial charge < -0.3 is 5.32 Å². The van der Waals surface area contributed by atoms with Crippen molar-refractivity contribution in [3.05, 3.63) is 46.8 Å². The first-order valence-electron chi connectivity index (χ1n) is 8.41. The lowest BCUT2D eigenvalue weighted by atomic mass is 10.2. The largest absolute Gasteiger partial charge is 0.312 e. The molecule has 0 bridgehead atoms. The molecule has 1 saturated heterocycles. The van der Waals surface area contributed by atoms with Crippen molar-refractivity contribution in [3.63, 3.8) is 0 Å². The summed E-state index contributed by atoms with van der Waals surface area (Å²) in [6, 6.07) is 9.58. The standard InChI is InChI=1S/C18H19N3O3S2/c19-13-15-9-12-25-18(15)20-17(22)14-5-7-16(8-6-14)26(23,24)21-10-3-1-2-4-11-21/h5-9,12H,1-4,10-11H2,(H,20,22). The summed E-state index contributed by atoms with van der Waals surface area (Å²) in [5, 5.41) is 13.9. The maximum absolute atomic E-state index is 12.8. The third-order valence-corrected chi connectivity index (χ3v) is 7.07. The van der Waals surface area contributed by atoms with Gasteiger partial charge in [0.05, 0.1) is 10.5 Å². The number of nitrogens with one attached hydrogen (secondary N) is 1. The SMILES string of the molecule is N#Cc1ccsc1NC(=O)c1ccc(S(=O)(=O)N2CCCCCC2)cc1. The first-order valence-corrected chi connectivity index (χ1v) is 10.7. The van der Waals surface area contributed by atoms with E-state index in [0.717, 1.165) is 25.7 Å². The van der Waals surface area contributed by atoms with Gasteiger partial charge in [0, 0.05) is 18.7 Å². The van der Waals surface area contributed by atoms with E-state index in [2.05, 4.69) is 5.32 Å². The molecule has 136 valence electrons. The Morgan fingerprint density at radius 2 is 1.73 bits per heavy atom. The molecular formula is C18H19N3O3S2. The van der Waals surface area contributed by atoms with Gasteiger partial charge in [-0.1, -0.05) is 12.8 Å². The summed E-state index contributed by atoms with van der Waals surface area (Å²) in [5.41, 5.74) is 0.751. The van der Waals surface area contributed by atoms with Crippen LogP contribution in [0.5, 0.6) is 0 Å². The van der Waals surface area contributed by atoms with Crippen LogP contribution in [0.15, 0.2) is 40.6 Å². The van der Waals surface area contributed by atoms with Gasteiger partial charge in [0.2, 0.25) is 10.0 Å². The number of rotatable bonds is 4. The van der Waals surface area contributed by atoms with E-state index >= 15 is 0 Å². The number of thiophene rings is 1. The van der Waals surface area contributed by atoms with Crippen LogP contribution < -0.4 is 5.32 Å². The molecule has 1 aromatic carbocycles. The number of benzene rings is 1.